The molecule has 0 bridgehead atoms. The number of anilines is 1. The van der Waals surface area contributed by atoms with Gasteiger partial charge in [-0.05, 0) is 50.6 Å². The summed E-state index contributed by atoms with van der Waals surface area (Å²) < 4.78 is 0. The fourth-order valence-electron chi connectivity index (χ4n) is 2.33. The molecule has 0 spiro atoms. The highest BCUT2D eigenvalue weighted by atomic mass is 16.2. The smallest absolute Gasteiger partial charge is 0.248 e. The van der Waals surface area contributed by atoms with Gasteiger partial charge >= 0.3 is 0 Å². The van der Waals surface area contributed by atoms with Gasteiger partial charge in [0.05, 0.1) is 0 Å². The molecule has 1 aromatic rings. The molecule has 2 atom stereocenters. The van der Waals surface area contributed by atoms with Crippen molar-refractivity contribution in [3.05, 3.63) is 29.8 Å². The first kappa shape index (κ1) is 13.5. The molecule has 1 aromatic carbocycles. The second-order valence-electron chi connectivity index (χ2n) is 5.01. The van der Waals surface area contributed by atoms with Crippen molar-refractivity contribution in [3.63, 3.8) is 0 Å². The molecule has 1 saturated heterocycles. The van der Waals surface area contributed by atoms with Crippen molar-refractivity contribution in [2.45, 2.75) is 25.8 Å². The molecule has 4 N–H and O–H groups in total. The third-order valence-corrected chi connectivity index (χ3v) is 3.43. The van der Waals surface area contributed by atoms with Gasteiger partial charge in [0.25, 0.3) is 0 Å². The lowest BCUT2D eigenvalue weighted by molar-refractivity contribution is -0.120. The predicted molar refractivity (Wildman–Crippen MR) is 73.8 cm³/mol. The Bertz CT molecular complexity index is 470. The number of benzene rings is 1. The highest BCUT2D eigenvalue weighted by Crippen LogP contribution is 2.18. The van der Waals surface area contributed by atoms with Gasteiger partial charge < -0.3 is 16.4 Å². The number of nitrogens with two attached hydrogens (primary N) is 1. The van der Waals surface area contributed by atoms with Gasteiger partial charge in [0.15, 0.2) is 0 Å². The van der Waals surface area contributed by atoms with Crippen molar-refractivity contribution in [3.8, 4) is 0 Å². The first-order chi connectivity index (χ1) is 9.06. The van der Waals surface area contributed by atoms with Crippen LogP contribution in [0.15, 0.2) is 24.3 Å². The molecule has 0 aromatic heterocycles. The number of hydrogen-bond acceptors (Lipinski definition) is 3. The van der Waals surface area contributed by atoms with E-state index in [0.717, 1.165) is 19.4 Å². The third-order valence-electron chi connectivity index (χ3n) is 3.43. The Kier molecular flexibility index (Phi) is 4.16. The van der Waals surface area contributed by atoms with Crippen molar-refractivity contribution < 1.29 is 9.59 Å². The standard InChI is InChI=1S/C14H19N3O2/c1-9-8-11(6-7-16-9)14(19)17-12-4-2-10(3-5-12)13(15)18/h2-5,9,11,16H,6-8H2,1H3,(H2,15,18)(H,17,19)/t9-,11-/m0/s1. The van der Waals surface area contributed by atoms with Crippen LogP contribution in [0.2, 0.25) is 0 Å². The Hall–Kier alpha value is -1.88. The van der Waals surface area contributed by atoms with Crippen LogP contribution in [0.4, 0.5) is 5.69 Å². The van der Waals surface area contributed by atoms with E-state index in [-0.39, 0.29) is 11.8 Å². The molecule has 2 rings (SSSR count). The van der Waals surface area contributed by atoms with Crippen LogP contribution in [0.3, 0.4) is 0 Å². The highest BCUT2D eigenvalue weighted by molar-refractivity contribution is 5.95. The van der Waals surface area contributed by atoms with E-state index in [0.29, 0.717) is 17.3 Å². The number of carbonyl (C=O) groups is 2. The summed E-state index contributed by atoms with van der Waals surface area (Å²) in [6, 6.07) is 7.00. The van der Waals surface area contributed by atoms with Gasteiger partial charge in [-0.2, -0.15) is 0 Å². The van der Waals surface area contributed by atoms with Crippen LogP contribution in [-0.2, 0) is 4.79 Å². The van der Waals surface area contributed by atoms with Crippen molar-refractivity contribution >= 4 is 17.5 Å². The molecule has 2 amide bonds. The lowest BCUT2D eigenvalue weighted by atomic mass is 9.92. The first-order valence-corrected chi connectivity index (χ1v) is 6.50. The molecule has 0 unspecified atom stereocenters. The van der Waals surface area contributed by atoms with E-state index in [9.17, 15) is 9.59 Å². The maximum atomic E-state index is 12.1. The van der Waals surface area contributed by atoms with Crippen molar-refractivity contribution in [1.29, 1.82) is 0 Å². The Morgan fingerprint density at radius 3 is 2.58 bits per heavy atom. The average Bonchev–Trinajstić information content (AvgIpc) is 2.39. The number of piperidine rings is 1. The first-order valence-electron chi connectivity index (χ1n) is 6.50. The van der Waals surface area contributed by atoms with E-state index >= 15 is 0 Å². The second-order valence-corrected chi connectivity index (χ2v) is 5.01. The summed E-state index contributed by atoms with van der Waals surface area (Å²) in [5, 5.41) is 6.20. The molecule has 0 radical (unpaired) electrons. The molecule has 1 aliphatic rings. The van der Waals surface area contributed by atoms with E-state index in [4.69, 9.17) is 5.73 Å². The van der Waals surface area contributed by atoms with Crippen LogP contribution in [-0.4, -0.2) is 24.4 Å². The van der Waals surface area contributed by atoms with E-state index in [1.54, 1.807) is 24.3 Å². The summed E-state index contributed by atoms with van der Waals surface area (Å²) in [5.41, 5.74) is 6.30. The molecular formula is C14H19N3O2. The van der Waals surface area contributed by atoms with Gasteiger partial charge in [0.2, 0.25) is 11.8 Å². The number of nitrogens with one attached hydrogen (secondary N) is 2. The Morgan fingerprint density at radius 1 is 1.32 bits per heavy atom. The normalized spacial score (nSPS) is 22.8. The third kappa shape index (κ3) is 3.54. The Labute approximate surface area is 112 Å². The molecule has 0 aliphatic carbocycles. The summed E-state index contributed by atoms with van der Waals surface area (Å²) in [6.45, 7) is 2.96. The van der Waals surface area contributed by atoms with Crippen LogP contribution >= 0.6 is 0 Å². The van der Waals surface area contributed by atoms with E-state index in [1.807, 2.05) is 0 Å². The van der Waals surface area contributed by atoms with Crippen LogP contribution in [0.5, 0.6) is 0 Å². The molecule has 5 nitrogen and oxygen atoms in total. The molecule has 1 heterocycles. The largest absolute Gasteiger partial charge is 0.366 e. The molecule has 19 heavy (non-hydrogen) atoms. The van der Waals surface area contributed by atoms with Gasteiger partial charge in [-0.15, -0.1) is 0 Å². The highest BCUT2D eigenvalue weighted by Gasteiger charge is 2.24. The molecule has 0 saturated carbocycles. The topological polar surface area (TPSA) is 84.2 Å². The maximum Gasteiger partial charge on any atom is 0.248 e. The zero-order valence-corrected chi connectivity index (χ0v) is 11.0. The fourth-order valence-corrected chi connectivity index (χ4v) is 2.33. The van der Waals surface area contributed by atoms with Crippen LogP contribution in [0.25, 0.3) is 0 Å². The van der Waals surface area contributed by atoms with Gasteiger partial charge in [0, 0.05) is 23.2 Å². The molecule has 1 aliphatic heterocycles. The second kappa shape index (κ2) is 5.84. The maximum absolute atomic E-state index is 12.1. The Balaban J connectivity index is 1.96. The van der Waals surface area contributed by atoms with Gasteiger partial charge in [-0.1, -0.05) is 0 Å². The van der Waals surface area contributed by atoms with E-state index < -0.39 is 5.91 Å². The average molecular weight is 261 g/mol. The van der Waals surface area contributed by atoms with E-state index in [1.165, 1.54) is 0 Å². The summed E-state index contributed by atoms with van der Waals surface area (Å²) >= 11 is 0. The van der Waals surface area contributed by atoms with E-state index in [2.05, 4.69) is 17.6 Å². The minimum absolute atomic E-state index is 0.0418. The van der Waals surface area contributed by atoms with Crippen LogP contribution in [0, 0.1) is 5.92 Å². The SMILES string of the molecule is C[C@H]1C[C@@H](C(=O)Nc2ccc(C(N)=O)cc2)CCN1. The van der Waals surface area contributed by atoms with Gasteiger partial charge in [-0.25, -0.2) is 0 Å². The van der Waals surface area contributed by atoms with Crippen molar-refractivity contribution in [2.24, 2.45) is 11.7 Å². The van der Waals surface area contributed by atoms with Crippen LogP contribution < -0.4 is 16.4 Å². The summed E-state index contributed by atoms with van der Waals surface area (Å²) in [7, 11) is 0. The minimum atomic E-state index is -0.468. The summed E-state index contributed by atoms with van der Waals surface area (Å²) in [5.74, 6) is -0.378. The zero-order chi connectivity index (χ0) is 13.8. The zero-order valence-electron chi connectivity index (χ0n) is 11.0. The number of amides is 2. The van der Waals surface area contributed by atoms with Gasteiger partial charge in [0.1, 0.15) is 0 Å². The minimum Gasteiger partial charge on any atom is -0.366 e. The van der Waals surface area contributed by atoms with Gasteiger partial charge in [-0.3, -0.25) is 9.59 Å². The van der Waals surface area contributed by atoms with Crippen LogP contribution in [0.1, 0.15) is 30.1 Å². The van der Waals surface area contributed by atoms with Crippen molar-refractivity contribution in [2.75, 3.05) is 11.9 Å². The molecule has 102 valence electrons. The fraction of sp³-hybridized carbons (Fsp3) is 0.429. The lowest BCUT2D eigenvalue weighted by Gasteiger charge is -2.27. The molecular weight excluding hydrogens is 242 g/mol. The monoisotopic (exact) mass is 261 g/mol. The predicted octanol–water partition coefficient (Wildman–Crippen LogP) is 1.11. The number of rotatable bonds is 3. The summed E-state index contributed by atoms with van der Waals surface area (Å²) in [6.07, 6.45) is 1.71. The molecule has 5 heteroatoms. The summed E-state index contributed by atoms with van der Waals surface area (Å²) in [4.78, 5) is 23.0. The number of primary amides is 1. The quantitative estimate of drug-likeness (QED) is 0.762. The number of carbonyl (C=O) groups excluding carboxylic acids is 2. The Morgan fingerprint density at radius 2 is 2.00 bits per heavy atom. The molecule has 1 fully saturated rings. The van der Waals surface area contributed by atoms with Crippen molar-refractivity contribution in [1.82, 2.24) is 5.32 Å². The lowest BCUT2D eigenvalue weighted by Crippen LogP contribution is -2.40. The number of hydrogen-bond donors (Lipinski definition) is 3.